The monoisotopic (exact) mass is 366 g/mol. The van der Waals surface area contributed by atoms with Crippen LogP contribution in [0.25, 0.3) is 5.95 Å². The van der Waals surface area contributed by atoms with Crippen LogP contribution >= 0.6 is 0 Å². The highest BCUT2D eigenvalue weighted by molar-refractivity contribution is 5.94. The predicted octanol–water partition coefficient (Wildman–Crippen LogP) is 2.94. The maximum Gasteiger partial charge on any atom is 0.253 e. The second-order valence-corrected chi connectivity index (χ2v) is 6.79. The van der Waals surface area contributed by atoms with Crippen molar-refractivity contribution in [3.05, 3.63) is 60.4 Å². The highest BCUT2D eigenvalue weighted by atomic mass is 19.1. The third-order valence-corrected chi connectivity index (χ3v) is 5.01. The molecule has 0 unspecified atom stereocenters. The summed E-state index contributed by atoms with van der Waals surface area (Å²) in [6.07, 6.45) is 8.66. The molecular formula is C19H19FN6O. The summed E-state index contributed by atoms with van der Waals surface area (Å²) >= 11 is 0. The van der Waals surface area contributed by atoms with Gasteiger partial charge in [0.05, 0.1) is 5.41 Å². The lowest BCUT2D eigenvalue weighted by atomic mass is 9.79. The van der Waals surface area contributed by atoms with Gasteiger partial charge in [0.15, 0.2) is 0 Å². The van der Waals surface area contributed by atoms with Gasteiger partial charge >= 0.3 is 0 Å². The molecule has 1 amide bonds. The molecule has 4 rings (SSSR count). The van der Waals surface area contributed by atoms with Crippen molar-refractivity contribution in [1.82, 2.24) is 24.7 Å². The normalized spacial score (nSPS) is 15.6. The lowest BCUT2D eigenvalue weighted by Crippen LogP contribution is -2.36. The molecule has 0 radical (unpaired) electrons. The Balaban J connectivity index is 1.57. The van der Waals surface area contributed by atoms with Crippen molar-refractivity contribution < 1.29 is 9.18 Å². The Labute approximate surface area is 155 Å². The highest BCUT2D eigenvalue weighted by Gasteiger charge is 2.41. The first-order valence-electron chi connectivity index (χ1n) is 8.90. The van der Waals surface area contributed by atoms with Crippen LogP contribution in [0.4, 0.5) is 10.3 Å². The minimum Gasteiger partial charge on any atom is -0.294 e. The summed E-state index contributed by atoms with van der Waals surface area (Å²) in [7, 11) is 0. The van der Waals surface area contributed by atoms with Crippen LogP contribution in [0.2, 0.25) is 0 Å². The molecule has 0 spiro atoms. The van der Waals surface area contributed by atoms with Crippen LogP contribution in [-0.2, 0) is 11.2 Å². The fraction of sp³-hybridized carbons (Fsp3) is 0.316. The van der Waals surface area contributed by atoms with E-state index in [0.29, 0.717) is 12.4 Å². The SMILES string of the molecule is O=C(Nc1ncnn1-c1ncccn1)C1(Cc2ccc(F)cc2)CCCC1. The summed E-state index contributed by atoms with van der Waals surface area (Å²) in [5.74, 6) is 0.245. The van der Waals surface area contributed by atoms with Crippen molar-refractivity contribution >= 4 is 11.9 Å². The number of carbonyl (C=O) groups is 1. The highest BCUT2D eigenvalue weighted by Crippen LogP contribution is 2.42. The Hall–Kier alpha value is -3.16. The molecule has 27 heavy (non-hydrogen) atoms. The van der Waals surface area contributed by atoms with Crippen LogP contribution in [0.15, 0.2) is 49.1 Å². The second kappa shape index (κ2) is 7.22. The van der Waals surface area contributed by atoms with Crippen molar-refractivity contribution in [2.45, 2.75) is 32.1 Å². The lowest BCUT2D eigenvalue weighted by molar-refractivity contribution is -0.125. The minimum atomic E-state index is -0.536. The van der Waals surface area contributed by atoms with Gasteiger partial charge in [0.2, 0.25) is 11.9 Å². The minimum absolute atomic E-state index is 0.102. The zero-order valence-corrected chi connectivity index (χ0v) is 14.7. The van der Waals surface area contributed by atoms with Gasteiger partial charge in [0, 0.05) is 12.4 Å². The lowest BCUT2D eigenvalue weighted by Gasteiger charge is -2.27. The molecule has 1 saturated carbocycles. The molecule has 0 bridgehead atoms. The average Bonchev–Trinajstić information content (AvgIpc) is 3.35. The zero-order valence-electron chi connectivity index (χ0n) is 14.7. The molecule has 0 atom stereocenters. The Kier molecular flexibility index (Phi) is 4.62. The molecule has 2 aromatic heterocycles. The summed E-state index contributed by atoms with van der Waals surface area (Å²) in [4.78, 5) is 25.6. The average molecular weight is 366 g/mol. The number of hydrogen-bond acceptors (Lipinski definition) is 5. The molecule has 138 valence electrons. The molecule has 0 saturated heterocycles. The number of anilines is 1. The molecule has 2 heterocycles. The third kappa shape index (κ3) is 3.55. The molecule has 3 aromatic rings. The summed E-state index contributed by atoms with van der Waals surface area (Å²) in [6, 6.07) is 8.04. The Morgan fingerprint density at radius 2 is 1.81 bits per heavy atom. The zero-order chi connectivity index (χ0) is 18.7. The second-order valence-electron chi connectivity index (χ2n) is 6.79. The summed E-state index contributed by atoms with van der Waals surface area (Å²) in [6.45, 7) is 0. The van der Waals surface area contributed by atoms with E-state index in [2.05, 4.69) is 25.4 Å². The fourth-order valence-corrected chi connectivity index (χ4v) is 3.64. The van der Waals surface area contributed by atoms with Gasteiger partial charge in [-0.3, -0.25) is 10.1 Å². The quantitative estimate of drug-likeness (QED) is 0.750. The first-order chi connectivity index (χ1) is 13.2. The molecule has 7 nitrogen and oxygen atoms in total. The number of rotatable bonds is 5. The van der Waals surface area contributed by atoms with Gasteiger partial charge in [-0.1, -0.05) is 25.0 Å². The van der Waals surface area contributed by atoms with Crippen molar-refractivity contribution in [3.8, 4) is 5.95 Å². The number of halogens is 1. The van der Waals surface area contributed by atoms with E-state index in [1.807, 2.05) is 0 Å². The maximum atomic E-state index is 13.2. The number of nitrogens with zero attached hydrogens (tertiary/aromatic N) is 5. The van der Waals surface area contributed by atoms with Crippen LogP contribution in [0, 0.1) is 11.2 Å². The van der Waals surface area contributed by atoms with E-state index in [0.717, 1.165) is 31.2 Å². The van der Waals surface area contributed by atoms with Gasteiger partial charge in [0.25, 0.3) is 5.95 Å². The van der Waals surface area contributed by atoms with Gasteiger partial charge in [0.1, 0.15) is 12.1 Å². The summed E-state index contributed by atoms with van der Waals surface area (Å²) in [5, 5.41) is 7.01. The van der Waals surface area contributed by atoms with Crippen molar-refractivity contribution in [1.29, 1.82) is 0 Å². The summed E-state index contributed by atoms with van der Waals surface area (Å²) < 4.78 is 14.6. The number of nitrogens with one attached hydrogen (secondary N) is 1. The number of carbonyl (C=O) groups excluding carboxylic acids is 1. The Morgan fingerprint density at radius 3 is 2.52 bits per heavy atom. The molecule has 0 aliphatic heterocycles. The molecule has 1 aliphatic carbocycles. The van der Waals surface area contributed by atoms with Gasteiger partial charge in [-0.25, -0.2) is 14.4 Å². The molecular weight excluding hydrogens is 347 g/mol. The van der Waals surface area contributed by atoms with E-state index >= 15 is 0 Å². The van der Waals surface area contributed by atoms with E-state index in [1.54, 1.807) is 30.6 Å². The fourth-order valence-electron chi connectivity index (χ4n) is 3.64. The molecule has 1 aliphatic rings. The van der Waals surface area contributed by atoms with Gasteiger partial charge in [-0.05, 0) is 43.0 Å². The van der Waals surface area contributed by atoms with Crippen LogP contribution < -0.4 is 5.32 Å². The van der Waals surface area contributed by atoms with Crippen LogP contribution in [0.3, 0.4) is 0 Å². The third-order valence-electron chi connectivity index (χ3n) is 5.01. The first-order valence-corrected chi connectivity index (χ1v) is 8.90. The van der Waals surface area contributed by atoms with E-state index in [-0.39, 0.29) is 17.7 Å². The Morgan fingerprint density at radius 1 is 1.11 bits per heavy atom. The largest absolute Gasteiger partial charge is 0.294 e. The van der Waals surface area contributed by atoms with Gasteiger partial charge in [-0.2, -0.15) is 14.8 Å². The van der Waals surface area contributed by atoms with Crippen molar-refractivity contribution in [3.63, 3.8) is 0 Å². The Bertz CT molecular complexity index is 919. The van der Waals surface area contributed by atoms with E-state index in [9.17, 15) is 9.18 Å². The van der Waals surface area contributed by atoms with Gasteiger partial charge in [-0.15, -0.1) is 0 Å². The maximum absolute atomic E-state index is 13.2. The number of amides is 1. The van der Waals surface area contributed by atoms with Crippen molar-refractivity contribution in [2.24, 2.45) is 5.41 Å². The van der Waals surface area contributed by atoms with Crippen LogP contribution in [0.5, 0.6) is 0 Å². The number of hydrogen-bond donors (Lipinski definition) is 1. The standard InChI is InChI=1S/C19H19FN6O/c20-15-6-4-14(5-7-15)12-19(8-1-2-9-19)16(27)25-18-23-13-24-26(18)17-21-10-3-11-22-17/h3-7,10-11,13H,1-2,8-9,12H2,(H,23,24,25,27). The molecule has 1 aromatic carbocycles. The van der Waals surface area contributed by atoms with E-state index in [4.69, 9.17) is 0 Å². The topological polar surface area (TPSA) is 85.6 Å². The smallest absolute Gasteiger partial charge is 0.253 e. The van der Waals surface area contributed by atoms with Crippen molar-refractivity contribution in [2.75, 3.05) is 5.32 Å². The molecule has 1 fully saturated rings. The summed E-state index contributed by atoms with van der Waals surface area (Å²) in [5.41, 5.74) is 0.410. The molecule has 8 heteroatoms. The van der Waals surface area contributed by atoms with Crippen LogP contribution in [-0.4, -0.2) is 30.6 Å². The predicted molar refractivity (Wildman–Crippen MR) is 96.6 cm³/mol. The number of benzene rings is 1. The van der Waals surface area contributed by atoms with E-state index in [1.165, 1.54) is 23.1 Å². The number of aromatic nitrogens is 5. The molecule has 1 N–H and O–H groups in total. The first kappa shape index (κ1) is 17.3. The van der Waals surface area contributed by atoms with E-state index < -0.39 is 5.41 Å². The van der Waals surface area contributed by atoms with Crippen LogP contribution in [0.1, 0.15) is 31.2 Å². The van der Waals surface area contributed by atoms with Gasteiger partial charge < -0.3 is 0 Å².